The van der Waals surface area contributed by atoms with Gasteiger partial charge >= 0.3 is 5.97 Å². The van der Waals surface area contributed by atoms with Gasteiger partial charge in [0, 0.05) is 38.6 Å². The number of aromatic nitrogens is 3. The molecule has 0 saturated carbocycles. The molecule has 0 fully saturated rings. The Morgan fingerprint density at radius 3 is 2.61 bits per heavy atom. The number of hydrogen-bond acceptors (Lipinski definition) is 7. The van der Waals surface area contributed by atoms with Crippen molar-refractivity contribution in [1.82, 2.24) is 19.4 Å². The van der Waals surface area contributed by atoms with Crippen LogP contribution in [0, 0.1) is 0 Å². The van der Waals surface area contributed by atoms with Gasteiger partial charge in [0.2, 0.25) is 5.91 Å². The Labute approximate surface area is 249 Å². The number of fused-ring (bicyclic) bond motifs is 3. The van der Waals surface area contributed by atoms with E-state index in [1.54, 1.807) is 30.2 Å². The number of imidazole rings is 1. The number of nitrogens with two attached hydrogens (primary N) is 1. The molecule has 2 heterocycles. The molecule has 12 heteroatoms. The topological polar surface area (TPSA) is 133 Å². The van der Waals surface area contributed by atoms with Crippen LogP contribution in [0.25, 0.3) is 21.9 Å². The predicted molar refractivity (Wildman–Crippen MR) is 162 cm³/mol. The number of carboxylic acid groups (broad SMARTS) is 1. The van der Waals surface area contributed by atoms with E-state index in [-0.39, 0.29) is 24.2 Å². The van der Waals surface area contributed by atoms with Crippen LogP contribution in [0.15, 0.2) is 48.5 Å². The number of benzene rings is 2. The van der Waals surface area contributed by atoms with E-state index in [1.165, 1.54) is 13.8 Å². The molecule has 0 unspecified atom stereocenters. The van der Waals surface area contributed by atoms with Gasteiger partial charge in [-0.1, -0.05) is 30.3 Å². The van der Waals surface area contributed by atoms with Crippen molar-refractivity contribution >= 4 is 63.6 Å². The van der Waals surface area contributed by atoms with Crippen molar-refractivity contribution in [3.8, 4) is 5.75 Å². The minimum absolute atomic E-state index is 0. The van der Waals surface area contributed by atoms with Crippen LogP contribution >= 0.6 is 24.0 Å². The zero-order chi connectivity index (χ0) is 28.9. The van der Waals surface area contributed by atoms with Crippen molar-refractivity contribution in [1.29, 1.82) is 0 Å². The van der Waals surface area contributed by atoms with Crippen LogP contribution < -0.4 is 10.5 Å². The number of methoxy groups -OCH3 is 1. The zero-order valence-corrected chi connectivity index (χ0v) is 24.9. The van der Waals surface area contributed by atoms with Crippen molar-refractivity contribution in [3.05, 3.63) is 59.9 Å². The summed E-state index contributed by atoms with van der Waals surface area (Å²) in [5.41, 5.74) is 8.06. The molecule has 4 aromatic rings. The van der Waals surface area contributed by atoms with Gasteiger partial charge < -0.3 is 29.8 Å². The highest BCUT2D eigenvalue weighted by Gasteiger charge is 2.29. The normalized spacial score (nSPS) is 11.4. The number of carbonyl (C=O) groups is 2. The summed E-state index contributed by atoms with van der Waals surface area (Å²) in [7, 11) is 1.65. The molecule has 0 aliphatic heterocycles. The van der Waals surface area contributed by atoms with E-state index in [0.717, 1.165) is 27.8 Å². The second kappa shape index (κ2) is 13.8. The summed E-state index contributed by atoms with van der Waals surface area (Å²) in [6, 6.07) is 14.9. The number of ether oxygens (including phenoxy) is 2. The van der Waals surface area contributed by atoms with Crippen molar-refractivity contribution in [2.45, 2.75) is 45.4 Å². The second-order valence-electron chi connectivity index (χ2n) is 10.0. The summed E-state index contributed by atoms with van der Waals surface area (Å²) in [5.74, 6) is 0.198. The van der Waals surface area contributed by atoms with Gasteiger partial charge in [-0.2, -0.15) is 0 Å². The largest absolute Gasteiger partial charge is 0.478 e. The summed E-state index contributed by atoms with van der Waals surface area (Å²) in [5, 5.41) is 10.3. The number of aryl methyl sites for hydroxylation is 1. The molecular weight excluding hydrogens is 569 g/mol. The fourth-order valence-corrected chi connectivity index (χ4v) is 4.76. The molecular formula is C29H35Cl2N5O5. The minimum atomic E-state index is -1.39. The molecule has 10 nitrogen and oxygen atoms in total. The molecule has 4 rings (SSSR count). The Bertz CT molecular complexity index is 1520. The van der Waals surface area contributed by atoms with E-state index in [1.807, 2.05) is 30.3 Å². The van der Waals surface area contributed by atoms with Crippen LogP contribution in [0.4, 0.5) is 5.82 Å². The number of halogens is 2. The summed E-state index contributed by atoms with van der Waals surface area (Å²) < 4.78 is 13.1. The van der Waals surface area contributed by atoms with E-state index in [2.05, 4.69) is 9.55 Å². The molecule has 220 valence electrons. The van der Waals surface area contributed by atoms with Gasteiger partial charge in [-0.05, 0) is 44.0 Å². The predicted octanol–water partition coefficient (Wildman–Crippen LogP) is 4.68. The third-order valence-corrected chi connectivity index (χ3v) is 6.88. The summed E-state index contributed by atoms with van der Waals surface area (Å²) in [6.07, 6.45) is 1.23. The highest BCUT2D eigenvalue weighted by atomic mass is 35.5. The van der Waals surface area contributed by atoms with Gasteiger partial charge in [-0.25, -0.2) is 14.8 Å². The molecule has 0 spiro atoms. The molecule has 3 N–H and O–H groups in total. The number of carboxylic acids is 1. The Morgan fingerprint density at radius 1 is 1.15 bits per heavy atom. The molecule has 2 aromatic carbocycles. The van der Waals surface area contributed by atoms with Crippen molar-refractivity contribution in [2.75, 3.05) is 31.9 Å². The van der Waals surface area contributed by atoms with Crippen LogP contribution in [0.2, 0.25) is 0 Å². The third kappa shape index (κ3) is 7.38. The van der Waals surface area contributed by atoms with Crippen molar-refractivity contribution in [3.63, 3.8) is 0 Å². The number of hydrogen-bond donors (Lipinski definition) is 2. The number of rotatable bonds is 13. The molecule has 0 saturated heterocycles. The Hall–Kier alpha value is -3.60. The van der Waals surface area contributed by atoms with Crippen molar-refractivity contribution < 1.29 is 24.2 Å². The van der Waals surface area contributed by atoms with E-state index in [9.17, 15) is 14.7 Å². The molecule has 0 aliphatic rings. The molecule has 0 bridgehead atoms. The number of pyridine rings is 1. The van der Waals surface area contributed by atoms with E-state index >= 15 is 0 Å². The van der Waals surface area contributed by atoms with Gasteiger partial charge in [0.1, 0.15) is 23.0 Å². The summed E-state index contributed by atoms with van der Waals surface area (Å²) in [4.78, 5) is 35.3. The first-order chi connectivity index (χ1) is 19.1. The first kappa shape index (κ1) is 31.9. The zero-order valence-electron chi connectivity index (χ0n) is 23.3. The quantitative estimate of drug-likeness (QED) is 0.210. The molecule has 41 heavy (non-hydrogen) atoms. The maximum atomic E-state index is 12.8. The lowest BCUT2D eigenvalue weighted by atomic mass is 10.1. The lowest BCUT2D eigenvalue weighted by Gasteiger charge is -2.24. The van der Waals surface area contributed by atoms with Crippen LogP contribution in [0.5, 0.6) is 5.75 Å². The van der Waals surface area contributed by atoms with E-state index in [4.69, 9.17) is 31.8 Å². The molecule has 2 aromatic heterocycles. The number of aliphatic carboxylic acids is 1. The molecule has 0 aliphatic carbocycles. The maximum Gasteiger partial charge on any atom is 0.347 e. The number of nitrogen functional groups attached to an aromatic ring is 1. The highest BCUT2D eigenvalue weighted by Crippen LogP contribution is 2.29. The molecule has 0 atom stereocenters. The second-order valence-corrected chi connectivity index (χ2v) is 10.3. The van der Waals surface area contributed by atoms with Gasteiger partial charge in [-0.3, -0.25) is 4.79 Å². The van der Waals surface area contributed by atoms with E-state index in [0.29, 0.717) is 56.2 Å². The van der Waals surface area contributed by atoms with Crippen LogP contribution in [-0.2, 0) is 33.8 Å². The first-order valence-electron chi connectivity index (χ1n) is 13.0. The van der Waals surface area contributed by atoms with Gasteiger partial charge in [0.15, 0.2) is 11.4 Å². The lowest BCUT2D eigenvalue weighted by Crippen LogP contribution is -2.38. The fraction of sp³-hybridized carbons (Fsp3) is 0.379. The average Bonchev–Trinajstić information content (AvgIpc) is 3.30. The molecule has 0 radical (unpaired) electrons. The van der Waals surface area contributed by atoms with Gasteiger partial charge in [0.25, 0.3) is 0 Å². The van der Waals surface area contributed by atoms with Crippen LogP contribution in [-0.4, -0.2) is 68.2 Å². The Kier molecular flexibility index (Phi) is 10.8. The van der Waals surface area contributed by atoms with E-state index < -0.39 is 11.6 Å². The number of nitrogens with zero attached hydrogens (tertiary/aromatic N) is 4. The highest BCUT2D eigenvalue weighted by molar-refractivity contribution is 6.27. The number of para-hydroxylation sites is 1. The van der Waals surface area contributed by atoms with Crippen LogP contribution in [0.3, 0.4) is 0 Å². The summed E-state index contributed by atoms with van der Waals surface area (Å²) in [6.45, 7) is 4.81. The minimum Gasteiger partial charge on any atom is -0.478 e. The summed E-state index contributed by atoms with van der Waals surface area (Å²) >= 11 is 5.96. The SMILES string of the molecule is COCCc1nc2c(N)nc3ccccc3c2n1CCCN(Cc1cccc(OC(C)(C)C(=O)O)c1)C(=O)CCl.Cl. The Balaban J connectivity index is 0.00000462. The average molecular weight is 605 g/mol. The maximum absolute atomic E-state index is 12.8. The van der Waals surface area contributed by atoms with Gasteiger partial charge in [0.05, 0.1) is 17.6 Å². The smallest absolute Gasteiger partial charge is 0.347 e. The number of anilines is 1. The fourth-order valence-electron chi connectivity index (χ4n) is 4.59. The van der Waals surface area contributed by atoms with Crippen molar-refractivity contribution in [2.24, 2.45) is 0 Å². The molecule has 1 amide bonds. The third-order valence-electron chi connectivity index (χ3n) is 6.66. The monoisotopic (exact) mass is 603 g/mol. The Morgan fingerprint density at radius 2 is 1.90 bits per heavy atom. The number of carbonyl (C=O) groups excluding carboxylic acids is 1. The number of alkyl halides is 1. The lowest BCUT2D eigenvalue weighted by molar-refractivity contribution is -0.152. The number of amides is 1. The first-order valence-corrected chi connectivity index (χ1v) is 13.6. The van der Waals surface area contributed by atoms with Crippen LogP contribution in [0.1, 0.15) is 31.7 Å². The van der Waals surface area contributed by atoms with Gasteiger partial charge in [-0.15, -0.1) is 24.0 Å². The standard InChI is InChI=1S/C29H34ClN5O5.ClH/c1-29(2,28(37)38)40-20-9-6-8-19(16-20)18-34(24(36)17-30)13-7-14-35-23(12-15-39-3)33-25-26(35)21-10-4-5-11-22(21)32-27(25)31;/h4-6,8-11,16H,7,12-15,17-18H2,1-3H3,(H2,31,32)(H,37,38);1H.